The summed E-state index contributed by atoms with van der Waals surface area (Å²) in [6, 6.07) is 18.8. The van der Waals surface area contributed by atoms with Gasteiger partial charge in [-0.15, -0.1) is 0 Å². The first kappa shape index (κ1) is 17.3. The molecule has 3 aromatic carbocycles. The SMILES string of the molecule is Cc1cccc2c(-n3c(SCC(=O)O)nc4ccccc4c3=O)cccc12. The van der Waals surface area contributed by atoms with Crippen LogP contribution in [0.1, 0.15) is 5.56 Å². The molecule has 0 aliphatic carbocycles. The topological polar surface area (TPSA) is 72.2 Å². The van der Waals surface area contributed by atoms with Crippen LogP contribution >= 0.6 is 11.8 Å². The minimum absolute atomic E-state index is 0.172. The van der Waals surface area contributed by atoms with Crippen molar-refractivity contribution in [2.45, 2.75) is 12.1 Å². The number of carboxylic acid groups (broad SMARTS) is 1. The molecule has 1 aromatic heterocycles. The van der Waals surface area contributed by atoms with E-state index < -0.39 is 5.97 Å². The Morgan fingerprint density at radius 2 is 1.70 bits per heavy atom. The average molecular weight is 376 g/mol. The lowest BCUT2D eigenvalue weighted by Crippen LogP contribution is -2.22. The number of aromatic nitrogens is 2. The van der Waals surface area contributed by atoms with Gasteiger partial charge in [-0.05, 0) is 36.1 Å². The Bertz CT molecular complexity index is 1250. The number of carbonyl (C=O) groups is 1. The predicted molar refractivity (Wildman–Crippen MR) is 108 cm³/mol. The monoisotopic (exact) mass is 376 g/mol. The largest absolute Gasteiger partial charge is 0.481 e. The normalized spacial score (nSPS) is 11.1. The van der Waals surface area contributed by atoms with Gasteiger partial charge in [0.15, 0.2) is 5.16 Å². The summed E-state index contributed by atoms with van der Waals surface area (Å²) in [5.74, 6) is -1.13. The fraction of sp³-hybridized carbons (Fsp3) is 0.0952. The fourth-order valence-corrected chi connectivity index (χ4v) is 3.92. The summed E-state index contributed by atoms with van der Waals surface area (Å²) in [7, 11) is 0. The van der Waals surface area contributed by atoms with E-state index in [2.05, 4.69) is 4.98 Å². The highest BCUT2D eigenvalue weighted by Gasteiger charge is 2.16. The zero-order valence-electron chi connectivity index (χ0n) is 14.5. The van der Waals surface area contributed by atoms with Crippen LogP contribution in [0.25, 0.3) is 27.4 Å². The molecule has 0 amide bonds. The number of aliphatic carboxylic acids is 1. The van der Waals surface area contributed by atoms with Gasteiger partial charge in [-0.25, -0.2) is 4.98 Å². The summed E-state index contributed by atoms with van der Waals surface area (Å²) >= 11 is 1.04. The van der Waals surface area contributed by atoms with E-state index in [1.54, 1.807) is 18.2 Å². The van der Waals surface area contributed by atoms with Crippen molar-refractivity contribution in [3.8, 4) is 5.69 Å². The number of benzene rings is 3. The minimum atomic E-state index is -0.956. The highest BCUT2D eigenvalue weighted by atomic mass is 32.2. The van der Waals surface area contributed by atoms with Crippen LogP contribution in [0.2, 0.25) is 0 Å². The highest BCUT2D eigenvalue weighted by Crippen LogP contribution is 2.28. The second kappa shape index (κ2) is 6.89. The molecule has 1 N–H and O–H groups in total. The molecule has 27 heavy (non-hydrogen) atoms. The molecule has 6 heteroatoms. The van der Waals surface area contributed by atoms with Crippen molar-refractivity contribution in [3.05, 3.63) is 76.6 Å². The van der Waals surface area contributed by atoms with Crippen molar-refractivity contribution in [2.24, 2.45) is 0 Å². The number of rotatable bonds is 4. The molecule has 0 spiro atoms. The van der Waals surface area contributed by atoms with Crippen molar-refractivity contribution < 1.29 is 9.90 Å². The molecule has 0 atom stereocenters. The van der Waals surface area contributed by atoms with E-state index in [1.807, 2.05) is 49.4 Å². The third-order valence-corrected chi connectivity index (χ3v) is 5.35. The highest BCUT2D eigenvalue weighted by molar-refractivity contribution is 7.99. The Morgan fingerprint density at radius 3 is 2.52 bits per heavy atom. The van der Waals surface area contributed by atoms with Crippen LogP contribution in [0.15, 0.2) is 70.6 Å². The molecule has 0 unspecified atom stereocenters. The second-order valence-corrected chi connectivity index (χ2v) is 7.12. The van der Waals surface area contributed by atoms with Gasteiger partial charge < -0.3 is 5.11 Å². The summed E-state index contributed by atoms with van der Waals surface area (Å²) in [5.41, 5.74) is 2.16. The molecule has 0 saturated heterocycles. The van der Waals surface area contributed by atoms with Crippen LogP contribution in [-0.2, 0) is 4.79 Å². The van der Waals surface area contributed by atoms with E-state index >= 15 is 0 Å². The summed E-state index contributed by atoms with van der Waals surface area (Å²) in [5, 5.41) is 11.9. The maximum absolute atomic E-state index is 13.3. The minimum Gasteiger partial charge on any atom is -0.481 e. The number of carboxylic acids is 1. The molecular weight excluding hydrogens is 360 g/mol. The molecular formula is C21H16N2O3S. The Labute approximate surface area is 159 Å². The van der Waals surface area contributed by atoms with E-state index in [1.165, 1.54) is 4.57 Å². The Hall–Kier alpha value is -3.12. The van der Waals surface area contributed by atoms with Crippen LogP contribution in [0, 0.1) is 6.92 Å². The number of hydrogen-bond acceptors (Lipinski definition) is 4. The van der Waals surface area contributed by atoms with Gasteiger partial charge >= 0.3 is 5.97 Å². The van der Waals surface area contributed by atoms with Crippen molar-refractivity contribution >= 4 is 39.4 Å². The van der Waals surface area contributed by atoms with Gasteiger partial charge in [-0.2, -0.15) is 0 Å². The lowest BCUT2D eigenvalue weighted by molar-refractivity contribution is -0.133. The van der Waals surface area contributed by atoms with E-state index in [-0.39, 0.29) is 11.3 Å². The van der Waals surface area contributed by atoms with Gasteiger partial charge in [0.1, 0.15) is 0 Å². The third kappa shape index (κ3) is 3.08. The van der Waals surface area contributed by atoms with Gasteiger partial charge in [0, 0.05) is 5.39 Å². The Morgan fingerprint density at radius 1 is 1.00 bits per heavy atom. The van der Waals surface area contributed by atoms with E-state index in [4.69, 9.17) is 5.11 Å². The summed E-state index contributed by atoms with van der Waals surface area (Å²) in [4.78, 5) is 29.0. The fourth-order valence-electron chi connectivity index (χ4n) is 3.19. The molecule has 4 aromatic rings. The summed E-state index contributed by atoms with van der Waals surface area (Å²) in [6.45, 7) is 2.02. The molecule has 0 radical (unpaired) electrons. The third-order valence-electron chi connectivity index (χ3n) is 4.43. The molecule has 0 saturated carbocycles. The first-order valence-electron chi connectivity index (χ1n) is 8.41. The van der Waals surface area contributed by atoms with Crippen molar-refractivity contribution in [1.82, 2.24) is 9.55 Å². The predicted octanol–water partition coefficient (Wildman–Crippen LogP) is 4.02. The lowest BCUT2D eigenvalue weighted by atomic mass is 10.0. The van der Waals surface area contributed by atoms with Crippen LogP contribution < -0.4 is 5.56 Å². The first-order valence-corrected chi connectivity index (χ1v) is 9.40. The Balaban J connectivity index is 2.07. The molecule has 5 nitrogen and oxygen atoms in total. The zero-order chi connectivity index (χ0) is 19.0. The standard InChI is InChI=1S/C21H16N2O3S/c1-13-6-4-9-15-14(13)8-5-11-18(15)23-20(26)16-7-2-3-10-17(16)22-21(23)27-12-19(24)25/h2-11H,12H2,1H3,(H,24,25). The van der Waals surface area contributed by atoms with Crippen LogP contribution in [0.3, 0.4) is 0 Å². The van der Waals surface area contributed by atoms with Crippen LogP contribution in [0.4, 0.5) is 0 Å². The Kier molecular flexibility index (Phi) is 4.41. The van der Waals surface area contributed by atoms with Crippen molar-refractivity contribution in [3.63, 3.8) is 0 Å². The van der Waals surface area contributed by atoms with Crippen molar-refractivity contribution in [2.75, 3.05) is 5.75 Å². The molecule has 0 bridgehead atoms. The maximum atomic E-state index is 13.3. The number of nitrogens with zero attached hydrogens (tertiary/aromatic N) is 2. The molecule has 0 fully saturated rings. The number of hydrogen-bond donors (Lipinski definition) is 1. The molecule has 1 heterocycles. The quantitative estimate of drug-likeness (QED) is 0.430. The molecule has 4 rings (SSSR count). The summed E-state index contributed by atoms with van der Waals surface area (Å²) < 4.78 is 1.53. The maximum Gasteiger partial charge on any atom is 0.313 e. The van der Waals surface area contributed by atoms with E-state index in [0.717, 1.165) is 28.1 Å². The number of thioether (sulfide) groups is 1. The van der Waals surface area contributed by atoms with Crippen LogP contribution in [0.5, 0.6) is 0 Å². The van der Waals surface area contributed by atoms with Gasteiger partial charge in [0.2, 0.25) is 0 Å². The zero-order valence-corrected chi connectivity index (χ0v) is 15.4. The summed E-state index contributed by atoms with van der Waals surface area (Å²) in [6.07, 6.45) is 0. The van der Waals surface area contributed by atoms with Gasteiger partial charge in [-0.1, -0.05) is 54.2 Å². The average Bonchev–Trinajstić information content (AvgIpc) is 2.67. The second-order valence-electron chi connectivity index (χ2n) is 6.18. The molecule has 0 aliphatic rings. The van der Waals surface area contributed by atoms with Gasteiger partial charge in [0.05, 0.1) is 22.3 Å². The first-order chi connectivity index (χ1) is 13.1. The molecule has 0 aliphatic heterocycles. The van der Waals surface area contributed by atoms with E-state index in [0.29, 0.717) is 21.7 Å². The number of aryl methyl sites for hydroxylation is 1. The number of para-hydroxylation sites is 1. The lowest BCUT2D eigenvalue weighted by Gasteiger charge is -2.15. The smallest absolute Gasteiger partial charge is 0.313 e. The number of fused-ring (bicyclic) bond motifs is 2. The van der Waals surface area contributed by atoms with Crippen molar-refractivity contribution in [1.29, 1.82) is 0 Å². The molecule has 134 valence electrons. The van der Waals surface area contributed by atoms with Gasteiger partial charge in [-0.3, -0.25) is 14.2 Å². The van der Waals surface area contributed by atoms with E-state index in [9.17, 15) is 9.59 Å². The van der Waals surface area contributed by atoms with Crippen LogP contribution in [-0.4, -0.2) is 26.4 Å². The van der Waals surface area contributed by atoms with Gasteiger partial charge in [0.25, 0.3) is 5.56 Å².